The summed E-state index contributed by atoms with van der Waals surface area (Å²) in [6.07, 6.45) is 1.96. The van der Waals surface area contributed by atoms with Gasteiger partial charge in [0.2, 0.25) is 0 Å². The van der Waals surface area contributed by atoms with Gasteiger partial charge in [0.15, 0.2) is 17.2 Å². The lowest BCUT2D eigenvalue weighted by atomic mass is 9.56. The van der Waals surface area contributed by atoms with E-state index in [-0.39, 0.29) is 58.5 Å². The Morgan fingerprint density at radius 1 is 1.27 bits per heavy atom. The molecular weight excluding hydrogens is 482 g/mol. The van der Waals surface area contributed by atoms with Gasteiger partial charge in [0.05, 0.1) is 29.0 Å². The molecule has 0 saturated carbocycles. The number of primary amides is 1. The highest BCUT2D eigenvalue weighted by Gasteiger charge is 2.66. The zero-order chi connectivity index (χ0) is 26.8. The molecule has 0 aromatic heterocycles. The van der Waals surface area contributed by atoms with E-state index in [9.17, 15) is 29.7 Å². The maximum Gasteiger partial charge on any atom is 0.252 e. The van der Waals surface area contributed by atoms with Gasteiger partial charge >= 0.3 is 0 Å². The number of hydroxylamine groups is 1. The molecule has 1 amide bonds. The van der Waals surface area contributed by atoms with E-state index < -0.39 is 35.2 Å². The normalized spacial score (nSPS) is 27.9. The minimum absolute atomic E-state index is 0.0804. The maximum atomic E-state index is 13.8. The summed E-state index contributed by atoms with van der Waals surface area (Å²) >= 11 is 0. The van der Waals surface area contributed by atoms with Gasteiger partial charge in [-0.25, -0.2) is 0 Å². The standard InChI is InChI=1S/C26H29N3O8/c1-11(30)9-37-28-8-12-4-5-17(31)19-14(12)6-13-7-15-21(29(2)3)23(33)20(25(27)35)16-10-36-26(15,16)24(34)18(13)22(19)32/h4-5,10,13,15,21,28,31,33-34H,6-9H2,1-3H3,(H2,27,35)/t13-,15-,21-,26+/m0/s1. The van der Waals surface area contributed by atoms with Crippen molar-refractivity contribution in [1.29, 1.82) is 0 Å². The lowest BCUT2D eigenvalue weighted by Crippen LogP contribution is -2.63. The molecule has 4 aliphatic rings. The van der Waals surface area contributed by atoms with E-state index in [1.54, 1.807) is 25.1 Å². The molecule has 0 saturated heterocycles. The van der Waals surface area contributed by atoms with Crippen LogP contribution in [-0.4, -0.2) is 70.0 Å². The molecule has 1 heterocycles. The number of phenols is 1. The van der Waals surface area contributed by atoms with E-state index in [4.69, 9.17) is 15.3 Å². The second kappa shape index (κ2) is 8.72. The highest BCUT2D eigenvalue weighted by molar-refractivity contribution is 6.14. The maximum absolute atomic E-state index is 13.8. The monoisotopic (exact) mass is 511 g/mol. The van der Waals surface area contributed by atoms with Crippen molar-refractivity contribution in [2.24, 2.45) is 17.6 Å². The summed E-state index contributed by atoms with van der Waals surface area (Å²) in [7, 11) is 3.47. The highest BCUT2D eigenvalue weighted by Crippen LogP contribution is 2.60. The van der Waals surface area contributed by atoms with Crippen molar-refractivity contribution in [3.05, 3.63) is 63.3 Å². The van der Waals surface area contributed by atoms with Crippen LogP contribution < -0.4 is 11.2 Å². The number of nitrogens with two attached hydrogens (primary N) is 1. The van der Waals surface area contributed by atoms with Crippen LogP contribution in [0, 0.1) is 11.8 Å². The number of nitrogens with zero attached hydrogens (tertiary/aromatic N) is 1. The number of likely N-dealkylation sites (N-methyl/N-ethyl adjacent to an activating group) is 1. The summed E-state index contributed by atoms with van der Waals surface area (Å²) in [5.41, 5.74) is 8.44. The molecule has 6 N–H and O–H groups in total. The summed E-state index contributed by atoms with van der Waals surface area (Å²) in [5, 5.41) is 33.3. The number of Topliss-reactive ketones (excluding diaryl/α,β-unsaturated/α-hetero) is 2. The third-order valence-electron chi connectivity index (χ3n) is 7.78. The fraction of sp³-hybridized carbons (Fsp3) is 0.423. The Hall–Kier alpha value is -3.67. The number of allylic oxidation sites excluding steroid dienone is 1. The topological polar surface area (TPSA) is 172 Å². The van der Waals surface area contributed by atoms with Crippen molar-refractivity contribution in [1.82, 2.24) is 10.4 Å². The van der Waals surface area contributed by atoms with Gasteiger partial charge in [-0.05, 0) is 57.0 Å². The second-order valence-corrected chi connectivity index (χ2v) is 10.2. The lowest BCUT2D eigenvalue weighted by Gasteiger charge is -2.57. The summed E-state index contributed by atoms with van der Waals surface area (Å²) in [4.78, 5) is 44.1. The molecule has 11 nitrogen and oxygen atoms in total. The summed E-state index contributed by atoms with van der Waals surface area (Å²) in [6, 6.07) is 2.38. The molecule has 1 aromatic rings. The number of benzene rings is 1. The fourth-order valence-electron chi connectivity index (χ4n) is 6.28. The highest BCUT2D eigenvalue weighted by atomic mass is 16.6. The molecule has 11 heteroatoms. The van der Waals surface area contributed by atoms with Crippen LogP contribution in [0.1, 0.15) is 34.8 Å². The van der Waals surface area contributed by atoms with E-state index in [0.717, 1.165) is 0 Å². The number of aliphatic hydroxyl groups is 2. The first-order chi connectivity index (χ1) is 17.5. The third kappa shape index (κ3) is 3.49. The Labute approximate surface area is 212 Å². The number of amides is 1. The summed E-state index contributed by atoms with van der Waals surface area (Å²) in [6.45, 7) is 1.48. The summed E-state index contributed by atoms with van der Waals surface area (Å²) < 4.78 is 5.85. The fourth-order valence-corrected chi connectivity index (χ4v) is 6.28. The number of aliphatic hydroxyl groups excluding tert-OH is 2. The average molecular weight is 512 g/mol. The first-order valence-corrected chi connectivity index (χ1v) is 11.9. The second-order valence-electron chi connectivity index (χ2n) is 10.2. The molecule has 3 aliphatic carbocycles. The predicted molar refractivity (Wildman–Crippen MR) is 129 cm³/mol. The number of ether oxygens (including phenoxy) is 1. The van der Waals surface area contributed by atoms with Gasteiger partial charge < -0.3 is 25.8 Å². The molecule has 5 rings (SSSR count). The minimum atomic E-state index is -1.50. The van der Waals surface area contributed by atoms with E-state index in [1.807, 2.05) is 0 Å². The van der Waals surface area contributed by atoms with E-state index in [0.29, 0.717) is 24.0 Å². The van der Waals surface area contributed by atoms with Gasteiger partial charge in [0.1, 0.15) is 23.9 Å². The van der Waals surface area contributed by atoms with Crippen LogP contribution in [0.3, 0.4) is 0 Å². The molecule has 4 atom stereocenters. The van der Waals surface area contributed by atoms with Gasteiger partial charge in [-0.2, -0.15) is 5.48 Å². The Balaban J connectivity index is 1.60. The molecule has 0 unspecified atom stereocenters. The number of ketones is 2. The molecule has 0 bridgehead atoms. The van der Waals surface area contributed by atoms with Crippen molar-refractivity contribution in [2.75, 3.05) is 20.7 Å². The van der Waals surface area contributed by atoms with Crippen molar-refractivity contribution >= 4 is 17.5 Å². The van der Waals surface area contributed by atoms with Gasteiger partial charge in [-0.3, -0.25) is 24.1 Å². The van der Waals surface area contributed by atoms with Gasteiger partial charge in [0, 0.05) is 18.0 Å². The molecule has 0 radical (unpaired) electrons. The van der Waals surface area contributed by atoms with Gasteiger partial charge in [-0.15, -0.1) is 0 Å². The number of carbonyl (C=O) groups is 3. The SMILES string of the molecule is CC(=O)CONCc1ccc(O)c2c1C[C@H]1C[C@H]3[C@H](N(C)C)C(O)=C(C(N)=O)C4=CO[C@@]43C(O)=C1C2=O. The number of nitrogens with one attached hydrogen (secondary N) is 1. The predicted octanol–water partition coefficient (Wildman–Crippen LogP) is 1.08. The van der Waals surface area contributed by atoms with Crippen LogP contribution in [0.5, 0.6) is 5.75 Å². The van der Waals surface area contributed by atoms with Crippen LogP contribution in [0.4, 0.5) is 0 Å². The Morgan fingerprint density at radius 3 is 2.59 bits per heavy atom. The van der Waals surface area contributed by atoms with Crippen molar-refractivity contribution in [3.63, 3.8) is 0 Å². The molecule has 1 aliphatic heterocycles. The summed E-state index contributed by atoms with van der Waals surface area (Å²) in [5.74, 6) is -3.25. The molecular formula is C26H29N3O8. The molecule has 1 spiro atoms. The Kier molecular flexibility index (Phi) is 5.89. The number of carbonyl (C=O) groups excluding carboxylic acids is 3. The van der Waals surface area contributed by atoms with E-state index in [2.05, 4.69) is 5.48 Å². The quantitative estimate of drug-likeness (QED) is 0.263. The number of hydrogen-bond acceptors (Lipinski definition) is 10. The first kappa shape index (κ1) is 25.0. The molecule has 1 aromatic carbocycles. The first-order valence-electron chi connectivity index (χ1n) is 11.9. The number of hydrogen-bond donors (Lipinski definition) is 5. The number of rotatable bonds is 7. The third-order valence-corrected chi connectivity index (χ3v) is 7.78. The Morgan fingerprint density at radius 2 is 2.00 bits per heavy atom. The van der Waals surface area contributed by atoms with Crippen molar-refractivity contribution < 1.29 is 39.3 Å². The average Bonchev–Trinajstić information content (AvgIpc) is 2.79. The van der Waals surface area contributed by atoms with Crippen LogP contribution in [-0.2, 0) is 32.1 Å². The lowest BCUT2D eigenvalue weighted by molar-refractivity contribution is -0.124. The van der Waals surface area contributed by atoms with Gasteiger partial charge in [-0.1, -0.05) is 6.07 Å². The van der Waals surface area contributed by atoms with Crippen molar-refractivity contribution in [3.8, 4) is 5.75 Å². The molecule has 196 valence electrons. The minimum Gasteiger partial charge on any atom is -0.510 e. The van der Waals surface area contributed by atoms with Crippen LogP contribution in [0.15, 0.2) is 46.6 Å². The Bertz CT molecular complexity index is 1330. The number of aromatic hydroxyl groups is 1. The molecule has 0 fully saturated rings. The van der Waals surface area contributed by atoms with Crippen LogP contribution in [0.25, 0.3) is 0 Å². The van der Waals surface area contributed by atoms with E-state index in [1.165, 1.54) is 19.3 Å². The zero-order valence-corrected chi connectivity index (χ0v) is 20.7. The largest absolute Gasteiger partial charge is 0.510 e. The van der Waals surface area contributed by atoms with Gasteiger partial charge in [0.25, 0.3) is 5.91 Å². The number of fused-ring (bicyclic) bond motifs is 2. The smallest absolute Gasteiger partial charge is 0.252 e. The molecule has 37 heavy (non-hydrogen) atoms. The van der Waals surface area contributed by atoms with Crippen LogP contribution in [0.2, 0.25) is 0 Å². The zero-order valence-electron chi connectivity index (χ0n) is 20.7. The van der Waals surface area contributed by atoms with Crippen LogP contribution >= 0.6 is 0 Å². The van der Waals surface area contributed by atoms with Crippen molar-refractivity contribution in [2.45, 2.75) is 38.0 Å². The number of phenolic OH excluding ortho intramolecular Hbond substituents is 1. The van der Waals surface area contributed by atoms with E-state index >= 15 is 0 Å².